The molecule has 0 spiro atoms. The third kappa shape index (κ3) is 7.99. The van der Waals surface area contributed by atoms with E-state index in [1.54, 1.807) is 19.6 Å². The first-order valence-corrected chi connectivity index (χ1v) is 9.20. The quantitative estimate of drug-likeness (QED) is 0.523. The van der Waals surface area contributed by atoms with Crippen LogP contribution in [0.2, 0.25) is 0 Å². The molecule has 0 saturated heterocycles. The Bertz CT molecular complexity index is 572. The van der Waals surface area contributed by atoms with Gasteiger partial charge in [-0.2, -0.15) is 0 Å². The second-order valence-corrected chi connectivity index (χ2v) is 6.25. The zero-order chi connectivity index (χ0) is 18.5. The Labute approximate surface area is 155 Å². The highest BCUT2D eigenvalue weighted by Gasteiger charge is 2.11. The summed E-state index contributed by atoms with van der Waals surface area (Å²) in [5, 5.41) is 8.81. The van der Waals surface area contributed by atoms with Gasteiger partial charge in [-0.25, -0.2) is 4.98 Å². The number of unbranched alkanes of at least 4 members (excludes halogenated alkanes) is 3. The lowest BCUT2D eigenvalue weighted by molar-refractivity contribution is -0.0306. The molecule has 144 valence electrons. The number of rotatable bonds is 14. The van der Waals surface area contributed by atoms with Gasteiger partial charge in [-0.15, -0.1) is 0 Å². The summed E-state index contributed by atoms with van der Waals surface area (Å²) >= 11 is 0. The molecule has 0 bridgehead atoms. The van der Waals surface area contributed by atoms with Crippen LogP contribution in [0.3, 0.4) is 0 Å². The van der Waals surface area contributed by atoms with Crippen LogP contribution in [0.15, 0.2) is 43.0 Å². The van der Waals surface area contributed by atoms with Crippen LogP contribution in [0.4, 0.5) is 0 Å². The normalized spacial score (nSPS) is 12.2. The second kappa shape index (κ2) is 12.5. The summed E-state index contributed by atoms with van der Waals surface area (Å²) in [4.78, 5) is 4.08. The van der Waals surface area contributed by atoms with Crippen molar-refractivity contribution in [2.75, 3.05) is 26.9 Å². The minimum Gasteiger partial charge on any atom is -0.497 e. The number of imidazole rings is 1. The van der Waals surface area contributed by atoms with Crippen LogP contribution in [0.1, 0.15) is 31.2 Å². The van der Waals surface area contributed by atoms with E-state index < -0.39 is 0 Å². The molecule has 1 atom stereocenters. The van der Waals surface area contributed by atoms with Crippen molar-refractivity contribution in [2.45, 2.75) is 44.9 Å². The largest absolute Gasteiger partial charge is 0.497 e. The summed E-state index contributed by atoms with van der Waals surface area (Å²) in [7, 11) is 1.66. The minimum atomic E-state index is -0.0136. The fourth-order valence-corrected chi connectivity index (χ4v) is 2.63. The smallest absolute Gasteiger partial charge is 0.118 e. The molecule has 1 aromatic heterocycles. The molecule has 2 aromatic rings. The number of benzene rings is 1. The molecule has 0 aliphatic carbocycles. The van der Waals surface area contributed by atoms with Crippen LogP contribution in [-0.4, -0.2) is 47.7 Å². The molecule has 1 heterocycles. The lowest BCUT2D eigenvalue weighted by atomic mass is 10.2. The maximum absolute atomic E-state index is 8.81. The highest BCUT2D eigenvalue weighted by molar-refractivity contribution is 5.26. The predicted molar refractivity (Wildman–Crippen MR) is 100 cm³/mol. The molecule has 2 rings (SSSR count). The molecule has 0 aliphatic heterocycles. The van der Waals surface area contributed by atoms with Gasteiger partial charge < -0.3 is 23.9 Å². The molecular formula is C20H30N2O4. The number of hydrogen-bond donors (Lipinski definition) is 1. The fourth-order valence-electron chi connectivity index (χ4n) is 2.63. The van der Waals surface area contributed by atoms with Gasteiger partial charge in [-0.05, 0) is 30.5 Å². The fraction of sp³-hybridized carbons (Fsp3) is 0.550. The van der Waals surface area contributed by atoms with Crippen molar-refractivity contribution in [3.63, 3.8) is 0 Å². The first-order valence-electron chi connectivity index (χ1n) is 9.20. The van der Waals surface area contributed by atoms with Gasteiger partial charge >= 0.3 is 0 Å². The highest BCUT2D eigenvalue weighted by Crippen LogP contribution is 2.12. The third-order valence-corrected chi connectivity index (χ3v) is 4.11. The van der Waals surface area contributed by atoms with Crippen molar-refractivity contribution in [3.8, 4) is 5.75 Å². The van der Waals surface area contributed by atoms with Crippen LogP contribution >= 0.6 is 0 Å². The van der Waals surface area contributed by atoms with Gasteiger partial charge in [0, 0.05) is 25.6 Å². The molecule has 0 amide bonds. The van der Waals surface area contributed by atoms with Crippen molar-refractivity contribution in [1.29, 1.82) is 0 Å². The maximum atomic E-state index is 8.81. The molecule has 26 heavy (non-hydrogen) atoms. The first-order chi connectivity index (χ1) is 12.8. The van der Waals surface area contributed by atoms with E-state index in [9.17, 15) is 0 Å². The number of aromatic nitrogens is 2. The zero-order valence-corrected chi connectivity index (χ0v) is 15.5. The van der Waals surface area contributed by atoms with Crippen molar-refractivity contribution in [1.82, 2.24) is 9.55 Å². The second-order valence-electron chi connectivity index (χ2n) is 6.25. The van der Waals surface area contributed by atoms with Crippen LogP contribution in [0, 0.1) is 0 Å². The lowest BCUT2D eigenvalue weighted by Gasteiger charge is -2.19. The van der Waals surface area contributed by atoms with Crippen LogP contribution in [0.25, 0.3) is 0 Å². The molecule has 0 aliphatic rings. The van der Waals surface area contributed by atoms with E-state index in [2.05, 4.69) is 4.98 Å². The summed E-state index contributed by atoms with van der Waals surface area (Å²) in [5.74, 6) is 0.844. The molecule has 0 saturated carbocycles. The summed E-state index contributed by atoms with van der Waals surface area (Å²) in [6, 6.07) is 7.88. The monoisotopic (exact) mass is 362 g/mol. The van der Waals surface area contributed by atoms with Gasteiger partial charge in [0.15, 0.2) is 0 Å². The van der Waals surface area contributed by atoms with Gasteiger partial charge in [0.2, 0.25) is 0 Å². The van der Waals surface area contributed by atoms with E-state index in [1.807, 2.05) is 35.0 Å². The number of ether oxygens (including phenoxy) is 3. The van der Waals surface area contributed by atoms with Gasteiger partial charge in [0.25, 0.3) is 0 Å². The average molecular weight is 362 g/mol. The SMILES string of the molecule is COc1ccc(COCC(Cn2ccnc2)OCCCCCCO)cc1. The van der Waals surface area contributed by atoms with Crippen LogP contribution in [-0.2, 0) is 22.6 Å². The summed E-state index contributed by atoms with van der Waals surface area (Å²) in [5.41, 5.74) is 1.11. The first kappa shape index (κ1) is 20.4. The van der Waals surface area contributed by atoms with Crippen LogP contribution < -0.4 is 4.74 Å². The Morgan fingerprint density at radius 3 is 2.62 bits per heavy atom. The number of nitrogens with zero attached hydrogens (tertiary/aromatic N) is 2. The molecule has 0 radical (unpaired) electrons. The molecule has 0 fully saturated rings. The molecule has 1 N–H and O–H groups in total. The van der Waals surface area contributed by atoms with Gasteiger partial charge in [0.1, 0.15) is 5.75 Å². The Balaban J connectivity index is 1.73. The Morgan fingerprint density at radius 1 is 1.12 bits per heavy atom. The molecular weight excluding hydrogens is 332 g/mol. The van der Waals surface area contributed by atoms with E-state index in [1.165, 1.54) is 0 Å². The van der Waals surface area contributed by atoms with Gasteiger partial charge in [0.05, 0.1) is 39.3 Å². The number of hydrogen-bond acceptors (Lipinski definition) is 5. The Morgan fingerprint density at radius 2 is 1.92 bits per heavy atom. The number of aliphatic hydroxyl groups is 1. The molecule has 6 heteroatoms. The number of methoxy groups -OCH3 is 1. The Kier molecular flexibility index (Phi) is 9.79. The third-order valence-electron chi connectivity index (χ3n) is 4.11. The van der Waals surface area contributed by atoms with E-state index in [0.29, 0.717) is 19.8 Å². The lowest BCUT2D eigenvalue weighted by Crippen LogP contribution is -2.25. The topological polar surface area (TPSA) is 65.7 Å². The zero-order valence-electron chi connectivity index (χ0n) is 15.5. The van der Waals surface area contributed by atoms with Crippen molar-refractivity contribution in [2.24, 2.45) is 0 Å². The standard InChI is InChI=1S/C20H30N2O4/c1-24-19-8-6-18(7-9-19)15-25-16-20(14-22-11-10-21-17-22)26-13-5-3-2-4-12-23/h6-11,17,20,23H,2-5,12-16H2,1H3. The minimum absolute atomic E-state index is 0.0136. The molecule has 6 nitrogen and oxygen atoms in total. The van der Waals surface area contributed by atoms with E-state index in [4.69, 9.17) is 19.3 Å². The van der Waals surface area contributed by atoms with Gasteiger partial charge in [-0.1, -0.05) is 25.0 Å². The van der Waals surface area contributed by atoms with E-state index >= 15 is 0 Å². The Hall–Kier alpha value is -1.89. The van der Waals surface area contributed by atoms with Crippen molar-refractivity contribution in [3.05, 3.63) is 48.5 Å². The highest BCUT2D eigenvalue weighted by atomic mass is 16.5. The number of aliphatic hydroxyl groups excluding tert-OH is 1. The molecule has 1 unspecified atom stereocenters. The summed E-state index contributed by atoms with van der Waals surface area (Å²) in [6.07, 6.45) is 9.46. The summed E-state index contributed by atoms with van der Waals surface area (Å²) < 4.78 is 19.1. The molecule has 1 aromatic carbocycles. The van der Waals surface area contributed by atoms with Gasteiger partial charge in [-0.3, -0.25) is 0 Å². The maximum Gasteiger partial charge on any atom is 0.118 e. The average Bonchev–Trinajstić information content (AvgIpc) is 3.18. The summed E-state index contributed by atoms with van der Waals surface area (Å²) in [6.45, 7) is 2.77. The van der Waals surface area contributed by atoms with E-state index in [-0.39, 0.29) is 12.7 Å². The van der Waals surface area contributed by atoms with E-state index in [0.717, 1.165) is 43.5 Å². The van der Waals surface area contributed by atoms with Crippen LogP contribution in [0.5, 0.6) is 5.75 Å². The van der Waals surface area contributed by atoms with Crippen molar-refractivity contribution >= 4 is 0 Å². The predicted octanol–water partition coefficient (Wildman–Crippen LogP) is 3.05. The van der Waals surface area contributed by atoms with Crippen molar-refractivity contribution < 1.29 is 19.3 Å².